The number of nitrogens with one attached hydrogen (secondary N) is 1. The third-order valence-corrected chi connectivity index (χ3v) is 3.69. The van der Waals surface area contributed by atoms with E-state index in [-0.39, 0.29) is 6.04 Å². The third kappa shape index (κ3) is 2.52. The van der Waals surface area contributed by atoms with E-state index in [0.29, 0.717) is 5.92 Å². The van der Waals surface area contributed by atoms with E-state index in [1.165, 1.54) is 10.9 Å². The molecule has 2 rings (SSSR count). The van der Waals surface area contributed by atoms with E-state index in [4.69, 9.17) is 5.84 Å². The van der Waals surface area contributed by atoms with Crippen molar-refractivity contribution in [3.63, 3.8) is 0 Å². The first kappa shape index (κ1) is 13.0. The molecule has 1 unspecified atom stereocenters. The van der Waals surface area contributed by atoms with Crippen LogP contribution >= 0.6 is 0 Å². The molecule has 0 aliphatic carbocycles. The Morgan fingerprint density at radius 2 is 2.00 bits per heavy atom. The molecule has 1 heterocycles. The second-order valence-electron chi connectivity index (χ2n) is 4.68. The molecule has 1 aromatic carbocycles. The van der Waals surface area contributed by atoms with Gasteiger partial charge in [0.25, 0.3) is 0 Å². The Morgan fingerprint density at radius 3 is 2.67 bits per heavy atom. The van der Waals surface area contributed by atoms with Gasteiger partial charge >= 0.3 is 0 Å². The number of rotatable bonds is 5. The number of hydrogen-bond acceptors (Lipinski definition) is 3. The average Bonchev–Trinajstić information content (AvgIpc) is 2.44. The molecule has 3 N–H and O–H groups in total. The second-order valence-corrected chi connectivity index (χ2v) is 4.68. The molecule has 0 saturated carbocycles. The topological polar surface area (TPSA) is 50.9 Å². The Labute approximate surface area is 108 Å². The molecule has 0 fully saturated rings. The van der Waals surface area contributed by atoms with Crippen molar-refractivity contribution in [2.75, 3.05) is 0 Å². The van der Waals surface area contributed by atoms with Gasteiger partial charge in [0.05, 0.1) is 5.52 Å². The van der Waals surface area contributed by atoms with Crippen molar-refractivity contribution in [3.05, 3.63) is 42.1 Å². The predicted octanol–water partition coefficient (Wildman–Crippen LogP) is 3.18. The van der Waals surface area contributed by atoms with Gasteiger partial charge in [0.1, 0.15) is 0 Å². The molecule has 0 aliphatic rings. The van der Waals surface area contributed by atoms with Gasteiger partial charge in [-0.2, -0.15) is 0 Å². The van der Waals surface area contributed by atoms with Crippen molar-refractivity contribution >= 4 is 10.9 Å². The molecule has 0 spiro atoms. The average molecular weight is 243 g/mol. The van der Waals surface area contributed by atoms with Crippen molar-refractivity contribution < 1.29 is 0 Å². The number of benzene rings is 1. The normalized spacial score (nSPS) is 13.1. The standard InChI is InChI=1S/C15H21N3/c1-3-11(4-2)15(18-16)13-7-8-14-12(10-13)6-5-9-17-14/h5-11,15,18H,3-4,16H2,1-2H3. The van der Waals surface area contributed by atoms with Gasteiger partial charge in [-0.1, -0.05) is 38.8 Å². The smallest absolute Gasteiger partial charge is 0.0702 e. The van der Waals surface area contributed by atoms with Gasteiger partial charge < -0.3 is 0 Å². The zero-order valence-corrected chi connectivity index (χ0v) is 11.1. The van der Waals surface area contributed by atoms with E-state index < -0.39 is 0 Å². The van der Waals surface area contributed by atoms with Gasteiger partial charge in [0.2, 0.25) is 0 Å². The SMILES string of the molecule is CCC(CC)C(NN)c1ccc2ncccc2c1. The van der Waals surface area contributed by atoms with Crippen LogP contribution in [0.2, 0.25) is 0 Å². The molecule has 2 aromatic rings. The molecular weight excluding hydrogens is 222 g/mol. The summed E-state index contributed by atoms with van der Waals surface area (Å²) in [6, 6.07) is 10.6. The van der Waals surface area contributed by atoms with Crippen LogP contribution in [0.3, 0.4) is 0 Å². The first-order valence-corrected chi connectivity index (χ1v) is 6.61. The van der Waals surface area contributed by atoms with E-state index in [1.54, 1.807) is 0 Å². The molecule has 0 aliphatic heterocycles. The molecule has 1 aromatic heterocycles. The maximum atomic E-state index is 5.74. The Bertz CT molecular complexity index is 506. The number of aromatic nitrogens is 1. The van der Waals surface area contributed by atoms with E-state index in [9.17, 15) is 0 Å². The summed E-state index contributed by atoms with van der Waals surface area (Å²) >= 11 is 0. The quantitative estimate of drug-likeness (QED) is 0.626. The lowest BCUT2D eigenvalue weighted by Crippen LogP contribution is -2.33. The van der Waals surface area contributed by atoms with Crippen LogP contribution in [-0.4, -0.2) is 4.98 Å². The maximum Gasteiger partial charge on any atom is 0.0702 e. The van der Waals surface area contributed by atoms with Crippen molar-refractivity contribution in [2.24, 2.45) is 11.8 Å². The molecule has 1 atom stereocenters. The zero-order valence-electron chi connectivity index (χ0n) is 11.1. The predicted molar refractivity (Wildman–Crippen MR) is 75.9 cm³/mol. The van der Waals surface area contributed by atoms with Gasteiger partial charge in [-0.3, -0.25) is 16.3 Å². The monoisotopic (exact) mass is 243 g/mol. The maximum absolute atomic E-state index is 5.74. The Kier molecular flexibility index (Phi) is 4.28. The van der Waals surface area contributed by atoms with Crippen LogP contribution in [0, 0.1) is 5.92 Å². The van der Waals surface area contributed by atoms with Crippen molar-refractivity contribution in [3.8, 4) is 0 Å². The highest BCUT2D eigenvalue weighted by Gasteiger charge is 2.19. The zero-order chi connectivity index (χ0) is 13.0. The number of nitrogens with two attached hydrogens (primary N) is 1. The van der Waals surface area contributed by atoms with Gasteiger partial charge in [-0.15, -0.1) is 0 Å². The first-order valence-electron chi connectivity index (χ1n) is 6.61. The molecule has 0 radical (unpaired) electrons. The van der Waals surface area contributed by atoms with Crippen LogP contribution in [0.5, 0.6) is 0 Å². The molecule has 96 valence electrons. The van der Waals surface area contributed by atoms with Crippen LogP contribution in [0.15, 0.2) is 36.5 Å². The van der Waals surface area contributed by atoms with E-state index in [1.807, 2.05) is 12.3 Å². The third-order valence-electron chi connectivity index (χ3n) is 3.69. The number of hydrogen-bond donors (Lipinski definition) is 2. The van der Waals surface area contributed by atoms with Crippen LogP contribution in [0.4, 0.5) is 0 Å². The number of fused-ring (bicyclic) bond motifs is 1. The fourth-order valence-corrected chi connectivity index (χ4v) is 2.55. The highest BCUT2D eigenvalue weighted by Crippen LogP contribution is 2.28. The van der Waals surface area contributed by atoms with E-state index in [2.05, 4.69) is 48.5 Å². The second kappa shape index (κ2) is 5.94. The van der Waals surface area contributed by atoms with Crippen molar-refractivity contribution in [2.45, 2.75) is 32.7 Å². The van der Waals surface area contributed by atoms with Gasteiger partial charge in [-0.05, 0) is 29.7 Å². The van der Waals surface area contributed by atoms with E-state index >= 15 is 0 Å². The van der Waals surface area contributed by atoms with Crippen LogP contribution in [0.25, 0.3) is 10.9 Å². The fraction of sp³-hybridized carbons (Fsp3) is 0.400. The molecule has 3 heteroatoms. The minimum absolute atomic E-state index is 0.213. The summed E-state index contributed by atoms with van der Waals surface area (Å²) in [4.78, 5) is 4.34. The summed E-state index contributed by atoms with van der Waals surface area (Å²) < 4.78 is 0. The van der Waals surface area contributed by atoms with Crippen LogP contribution < -0.4 is 11.3 Å². The number of pyridine rings is 1. The van der Waals surface area contributed by atoms with Gasteiger partial charge in [0.15, 0.2) is 0 Å². The summed E-state index contributed by atoms with van der Waals surface area (Å²) in [7, 11) is 0. The highest BCUT2D eigenvalue weighted by atomic mass is 15.2. The highest BCUT2D eigenvalue weighted by molar-refractivity contribution is 5.79. The Hall–Kier alpha value is -1.45. The largest absolute Gasteiger partial charge is 0.271 e. The lowest BCUT2D eigenvalue weighted by Gasteiger charge is -2.25. The summed E-state index contributed by atoms with van der Waals surface area (Å²) in [6.07, 6.45) is 4.06. The minimum Gasteiger partial charge on any atom is -0.271 e. The van der Waals surface area contributed by atoms with Gasteiger partial charge in [0, 0.05) is 17.6 Å². The Morgan fingerprint density at radius 1 is 1.22 bits per heavy atom. The lowest BCUT2D eigenvalue weighted by molar-refractivity contribution is 0.346. The molecule has 0 saturated heterocycles. The van der Waals surface area contributed by atoms with Crippen molar-refractivity contribution in [1.29, 1.82) is 0 Å². The van der Waals surface area contributed by atoms with Crippen LogP contribution in [0.1, 0.15) is 38.3 Å². The minimum atomic E-state index is 0.213. The first-order chi connectivity index (χ1) is 8.80. The molecule has 18 heavy (non-hydrogen) atoms. The number of hydrazine groups is 1. The fourth-order valence-electron chi connectivity index (χ4n) is 2.55. The lowest BCUT2D eigenvalue weighted by atomic mass is 9.89. The molecular formula is C15H21N3. The molecule has 0 amide bonds. The molecule has 0 bridgehead atoms. The summed E-state index contributed by atoms with van der Waals surface area (Å²) in [6.45, 7) is 4.42. The molecule has 3 nitrogen and oxygen atoms in total. The number of nitrogens with zero attached hydrogens (tertiary/aromatic N) is 1. The Balaban J connectivity index is 2.39. The van der Waals surface area contributed by atoms with E-state index in [0.717, 1.165) is 18.4 Å². The van der Waals surface area contributed by atoms with Gasteiger partial charge in [-0.25, -0.2) is 0 Å². The van der Waals surface area contributed by atoms with Crippen LogP contribution in [-0.2, 0) is 0 Å². The summed E-state index contributed by atoms with van der Waals surface area (Å²) in [5.74, 6) is 6.29. The summed E-state index contributed by atoms with van der Waals surface area (Å²) in [5.41, 5.74) is 5.24. The van der Waals surface area contributed by atoms with Crippen molar-refractivity contribution in [1.82, 2.24) is 10.4 Å². The summed E-state index contributed by atoms with van der Waals surface area (Å²) in [5, 5.41) is 1.17.